The lowest BCUT2D eigenvalue weighted by molar-refractivity contribution is -0.137. The lowest BCUT2D eigenvalue weighted by Crippen LogP contribution is -2.51. The average molecular weight is 499 g/mol. The molecule has 2 aliphatic heterocycles. The van der Waals surface area contributed by atoms with Gasteiger partial charge in [-0.15, -0.1) is 0 Å². The number of aromatic nitrogens is 2. The van der Waals surface area contributed by atoms with E-state index >= 15 is 0 Å². The Morgan fingerprint density at radius 3 is 2.53 bits per heavy atom. The number of alkyl halides is 3. The van der Waals surface area contributed by atoms with Gasteiger partial charge in [-0.25, -0.2) is 4.79 Å². The predicted octanol–water partition coefficient (Wildman–Crippen LogP) is 4.41. The van der Waals surface area contributed by atoms with Crippen LogP contribution in [0.2, 0.25) is 0 Å². The number of carbonyl (C=O) groups excluding carboxylic acids is 1. The van der Waals surface area contributed by atoms with Crippen LogP contribution in [0.4, 0.5) is 18.0 Å². The van der Waals surface area contributed by atoms with Crippen LogP contribution < -0.4 is 0 Å². The lowest BCUT2D eigenvalue weighted by atomic mass is 9.84. The third kappa shape index (κ3) is 6.04. The van der Waals surface area contributed by atoms with E-state index in [9.17, 15) is 18.0 Å². The molecule has 0 bridgehead atoms. The van der Waals surface area contributed by atoms with E-state index in [0.717, 1.165) is 29.2 Å². The van der Waals surface area contributed by atoms with Crippen molar-refractivity contribution in [3.63, 3.8) is 0 Å². The van der Waals surface area contributed by atoms with Crippen LogP contribution >= 0.6 is 11.8 Å². The van der Waals surface area contributed by atoms with Crippen LogP contribution in [0.15, 0.2) is 28.8 Å². The van der Waals surface area contributed by atoms with Crippen LogP contribution in [-0.4, -0.2) is 76.9 Å². The Hall–Kier alpha value is -2.27. The fourth-order valence-corrected chi connectivity index (χ4v) is 5.32. The molecule has 2 fully saturated rings. The molecule has 1 aromatic heterocycles. The number of piperidine rings is 1. The molecule has 0 radical (unpaired) electrons. The van der Waals surface area contributed by atoms with Crippen molar-refractivity contribution in [2.75, 3.05) is 50.9 Å². The maximum Gasteiger partial charge on any atom is 0.416 e. The molecule has 0 N–H and O–H groups in total. The highest BCUT2D eigenvalue weighted by molar-refractivity contribution is 7.99. The average Bonchev–Trinajstić information content (AvgIpc) is 3.33. The van der Waals surface area contributed by atoms with Gasteiger partial charge in [-0.3, -0.25) is 0 Å². The monoisotopic (exact) mass is 498 g/mol. The first kappa shape index (κ1) is 24.8. The van der Waals surface area contributed by atoms with Gasteiger partial charge in [0.15, 0.2) is 5.82 Å². The topological polar surface area (TPSA) is 71.7 Å². The minimum atomic E-state index is -4.39. The van der Waals surface area contributed by atoms with Crippen molar-refractivity contribution < 1.29 is 27.2 Å². The number of hydrogen-bond donors (Lipinski definition) is 0. The van der Waals surface area contributed by atoms with Crippen molar-refractivity contribution in [1.82, 2.24) is 19.9 Å². The van der Waals surface area contributed by atoms with Gasteiger partial charge in [-0.05, 0) is 31.0 Å². The lowest BCUT2D eigenvalue weighted by Gasteiger charge is -2.40. The van der Waals surface area contributed by atoms with E-state index in [0.29, 0.717) is 63.9 Å². The maximum absolute atomic E-state index is 13.3. The summed E-state index contributed by atoms with van der Waals surface area (Å²) in [7, 11) is 0. The van der Waals surface area contributed by atoms with E-state index in [2.05, 4.69) is 10.1 Å². The fraction of sp³-hybridized carbons (Fsp3) is 0.609. The minimum Gasteiger partial charge on any atom is -0.381 e. The van der Waals surface area contributed by atoms with E-state index in [1.54, 1.807) is 4.90 Å². The number of hydrogen-bond acceptors (Lipinski definition) is 6. The minimum absolute atomic E-state index is 0.0435. The zero-order valence-electron chi connectivity index (χ0n) is 19.1. The van der Waals surface area contributed by atoms with Gasteiger partial charge in [0.05, 0.1) is 18.1 Å². The summed E-state index contributed by atoms with van der Waals surface area (Å²) in [5.74, 6) is 2.47. The van der Waals surface area contributed by atoms with Crippen molar-refractivity contribution in [2.45, 2.75) is 37.8 Å². The second-order valence-corrected chi connectivity index (χ2v) is 9.76. The smallest absolute Gasteiger partial charge is 0.381 e. The second kappa shape index (κ2) is 11.0. The summed E-state index contributed by atoms with van der Waals surface area (Å²) in [6, 6.07) is 5.18. The summed E-state index contributed by atoms with van der Waals surface area (Å²) in [6.45, 7) is 5.27. The van der Waals surface area contributed by atoms with Crippen molar-refractivity contribution in [3.8, 4) is 0 Å². The third-order valence-corrected chi connectivity index (χ3v) is 7.16. The highest BCUT2D eigenvalue weighted by Crippen LogP contribution is 2.37. The number of rotatable bonds is 6. The van der Waals surface area contributed by atoms with Crippen molar-refractivity contribution in [2.24, 2.45) is 0 Å². The van der Waals surface area contributed by atoms with Crippen molar-refractivity contribution in [3.05, 3.63) is 47.1 Å². The second-order valence-electron chi connectivity index (χ2n) is 8.53. The molecule has 1 aromatic carbocycles. The molecule has 7 nitrogen and oxygen atoms in total. The number of urea groups is 1. The molecule has 11 heteroatoms. The van der Waals surface area contributed by atoms with Crippen LogP contribution in [0.1, 0.15) is 48.0 Å². The Labute approximate surface area is 201 Å². The summed E-state index contributed by atoms with van der Waals surface area (Å²) in [5.41, 5.74) is 0.0824. The van der Waals surface area contributed by atoms with Gasteiger partial charge in [0, 0.05) is 56.6 Å². The van der Waals surface area contributed by atoms with Gasteiger partial charge >= 0.3 is 12.2 Å². The molecule has 2 aromatic rings. The van der Waals surface area contributed by atoms with Crippen molar-refractivity contribution in [1.29, 1.82) is 0 Å². The number of thioether (sulfide) groups is 1. The Balaban J connectivity index is 1.54. The predicted molar refractivity (Wildman–Crippen MR) is 122 cm³/mol. The molecule has 2 unspecified atom stereocenters. The molecular weight excluding hydrogens is 469 g/mol. The van der Waals surface area contributed by atoms with Gasteiger partial charge in [-0.1, -0.05) is 17.3 Å². The molecule has 4 rings (SSSR count). The Bertz CT molecular complexity index is 948. The largest absolute Gasteiger partial charge is 0.416 e. The Morgan fingerprint density at radius 2 is 1.85 bits per heavy atom. The van der Waals surface area contributed by atoms with Crippen LogP contribution in [0.5, 0.6) is 0 Å². The van der Waals surface area contributed by atoms with Crippen LogP contribution in [-0.2, 0) is 17.3 Å². The van der Waals surface area contributed by atoms with Crippen LogP contribution in [0.25, 0.3) is 0 Å². The Morgan fingerprint density at radius 1 is 1.15 bits per heavy atom. The molecule has 3 heterocycles. The molecule has 2 atom stereocenters. The van der Waals surface area contributed by atoms with E-state index in [1.807, 2.05) is 23.6 Å². The highest BCUT2D eigenvalue weighted by Gasteiger charge is 2.37. The van der Waals surface area contributed by atoms with Gasteiger partial charge < -0.3 is 19.1 Å². The van der Waals surface area contributed by atoms with Gasteiger partial charge in [-0.2, -0.15) is 29.9 Å². The number of carbonyl (C=O) groups is 1. The standard InChI is InChI=1S/C23H29F3N4O3S/c1-2-32-10-7-20-27-21(33-28-20)18-13-17(16-3-5-19(6-4-16)23(24,25)26)14-30(15-18)22(31)29-8-11-34-12-9-29/h3-6,17-18H,2,7-15H2,1H3. The van der Waals surface area contributed by atoms with E-state index in [4.69, 9.17) is 9.26 Å². The summed E-state index contributed by atoms with van der Waals surface area (Å²) >= 11 is 1.82. The molecule has 186 valence electrons. The van der Waals surface area contributed by atoms with Gasteiger partial charge in [0.2, 0.25) is 5.89 Å². The summed E-state index contributed by atoms with van der Waals surface area (Å²) in [6.07, 6.45) is -3.25. The number of benzene rings is 1. The number of likely N-dealkylation sites (tertiary alicyclic amines) is 1. The third-order valence-electron chi connectivity index (χ3n) is 6.22. The summed E-state index contributed by atoms with van der Waals surface area (Å²) < 4.78 is 50.0. The molecule has 0 aliphatic carbocycles. The quantitative estimate of drug-likeness (QED) is 0.550. The maximum atomic E-state index is 13.3. The first-order chi connectivity index (χ1) is 16.3. The SMILES string of the molecule is CCOCCc1noc(C2CC(c3ccc(C(F)(F)F)cc3)CN(C(=O)N3CCSCC3)C2)n1. The molecule has 2 amide bonds. The molecule has 0 spiro atoms. The van der Waals surface area contributed by atoms with Crippen LogP contribution in [0, 0.1) is 0 Å². The highest BCUT2D eigenvalue weighted by atomic mass is 32.2. The van der Waals surface area contributed by atoms with Crippen molar-refractivity contribution >= 4 is 17.8 Å². The number of nitrogens with zero attached hydrogens (tertiary/aromatic N) is 4. The fourth-order valence-electron chi connectivity index (χ4n) is 4.42. The number of ether oxygens (including phenoxy) is 1. The molecule has 34 heavy (non-hydrogen) atoms. The molecular formula is C23H29F3N4O3S. The zero-order valence-corrected chi connectivity index (χ0v) is 19.9. The van der Waals surface area contributed by atoms with Gasteiger partial charge in [0.25, 0.3) is 0 Å². The Kier molecular flexibility index (Phi) is 8.02. The van der Waals surface area contributed by atoms with E-state index < -0.39 is 11.7 Å². The number of halogens is 3. The molecule has 2 aliphatic rings. The van der Waals surface area contributed by atoms with Gasteiger partial charge in [0.1, 0.15) is 0 Å². The van der Waals surface area contributed by atoms with Crippen LogP contribution in [0.3, 0.4) is 0 Å². The first-order valence-electron chi connectivity index (χ1n) is 11.5. The molecule has 2 saturated heterocycles. The summed E-state index contributed by atoms with van der Waals surface area (Å²) in [4.78, 5) is 21.4. The first-order valence-corrected chi connectivity index (χ1v) is 12.7. The number of amides is 2. The molecule has 0 saturated carbocycles. The zero-order chi connectivity index (χ0) is 24.1. The van der Waals surface area contributed by atoms with E-state index in [-0.39, 0.29) is 17.9 Å². The summed E-state index contributed by atoms with van der Waals surface area (Å²) in [5, 5.41) is 4.05. The van der Waals surface area contributed by atoms with E-state index in [1.165, 1.54) is 12.1 Å². The normalized spacial score (nSPS) is 21.6.